The van der Waals surface area contributed by atoms with Gasteiger partial charge in [-0.05, 0) is 26.0 Å². The first kappa shape index (κ1) is 20.8. The predicted molar refractivity (Wildman–Crippen MR) is 118 cm³/mol. The third-order valence-corrected chi connectivity index (χ3v) is 6.31. The zero-order valence-electron chi connectivity index (χ0n) is 17.0. The summed E-state index contributed by atoms with van der Waals surface area (Å²) in [4.78, 5) is 26.0. The zero-order chi connectivity index (χ0) is 21.1. The number of nitrogens with one attached hydrogen (secondary N) is 1. The van der Waals surface area contributed by atoms with Gasteiger partial charge < -0.3 is 14.8 Å². The number of thiazole rings is 1. The van der Waals surface area contributed by atoms with Crippen molar-refractivity contribution in [1.29, 1.82) is 0 Å². The van der Waals surface area contributed by atoms with E-state index in [-0.39, 0.29) is 17.3 Å². The molecule has 1 aliphatic rings. The minimum absolute atomic E-state index is 0.123. The molecule has 9 heteroatoms. The number of benzene rings is 1. The minimum atomic E-state index is -0.294. The Morgan fingerprint density at radius 3 is 3.00 bits per heavy atom. The van der Waals surface area contributed by atoms with Crippen LogP contribution < -0.4 is 10.1 Å². The van der Waals surface area contributed by atoms with E-state index in [4.69, 9.17) is 19.4 Å². The molecule has 0 atom stereocenters. The van der Waals surface area contributed by atoms with Crippen molar-refractivity contribution in [2.45, 2.75) is 37.5 Å². The molecule has 1 N–H and O–H groups in total. The largest absolute Gasteiger partial charge is 0.497 e. The first-order chi connectivity index (χ1) is 14.4. The van der Waals surface area contributed by atoms with Crippen LogP contribution in [0.15, 0.2) is 40.9 Å². The number of carbonyl (C=O) groups is 1. The van der Waals surface area contributed by atoms with Crippen LogP contribution in [0.25, 0.3) is 11.4 Å². The number of aromatic nitrogens is 3. The smallest absolute Gasteiger partial charge is 0.236 e. The van der Waals surface area contributed by atoms with Crippen LogP contribution in [0.4, 0.5) is 5.13 Å². The van der Waals surface area contributed by atoms with E-state index in [1.807, 2.05) is 29.6 Å². The summed E-state index contributed by atoms with van der Waals surface area (Å²) in [5.74, 6) is 1.47. The molecule has 0 fully saturated rings. The number of methoxy groups -OCH3 is 1. The van der Waals surface area contributed by atoms with E-state index >= 15 is 0 Å². The number of ether oxygens (including phenoxy) is 2. The van der Waals surface area contributed by atoms with Gasteiger partial charge >= 0.3 is 0 Å². The van der Waals surface area contributed by atoms with Gasteiger partial charge in [0.05, 0.1) is 30.8 Å². The molecule has 0 unspecified atom stereocenters. The van der Waals surface area contributed by atoms with Crippen LogP contribution >= 0.6 is 23.1 Å². The number of hydrogen-bond acceptors (Lipinski definition) is 8. The molecule has 0 spiro atoms. The highest BCUT2D eigenvalue weighted by Crippen LogP contribution is 2.34. The monoisotopic (exact) mass is 442 g/mol. The van der Waals surface area contributed by atoms with Gasteiger partial charge in [0.25, 0.3) is 0 Å². The second-order valence-electron chi connectivity index (χ2n) is 7.41. The highest BCUT2D eigenvalue weighted by atomic mass is 32.2. The van der Waals surface area contributed by atoms with Crippen molar-refractivity contribution < 1.29 is 14.3 Å². The molecular formula is C21H22N4O3S2. The molecule has 3 heterocycles. The molecule has 1 amide bonds. The van der Waals surface area contributed by atoms with Crippen molar-refractivity contribution in [1.82, 2.24) is 15.0 Å². The fourth-order valence-electron chi connectivity index (χ4n) is 3.11. The maximum atomic E-state index is 12.3. The highest BCUT2D eigenvalue weighted by Gasteiger charge is 2.30. The summed E-state index contributed by atoms with van der Waals surface area (Å²) in [6.45, 7) is 4.53. The number of amides is 1. The first-order valence-corrected chi connectivity index (χ1v) is 11.3. The molecule has 0 saturated carbocycles. The van der Waals surface area contributed by atoms with Crippen LogP contribution in [-0.2, 0) is 22.6 Å². The standard InChI is InChI=1S/C21H22N4O3S2/c1-21(2)10-16-15(11-28-21)19(30-12-17(26)24-20-22-7-8-29-20)25-18(23-16)13-5-4-6-14(9-13)27-3/h4-9H,10-12H2,1-3H3,(H,22,24,26). The lowest BCUT2D eigenvalue weighted by molar-refractivity contribution is -0.113. The Morgan fingerprint density at radius 2 is 2.23 bits per heavy atom. The average Bonchev–Trinajstić information content (AvgIpc) is 3.23. The van der Waals surface area contributed by atoms with Crippen LogP contribution in [0.2, 0.25) is 0 Å². The number of anilines is 1. The molecule has 30 heavy (non-hydrogen) atoms. The lowest BCUT2D eigenvalue weighted by atomic mass is 9.96. The topological polar surface area (TPSA) is 86.2 Å². The van der Waals surface area contributed by atoms with E-state index in [0.29, 0.717) is 24.0 Å². The summed E-state index contributed by atoms with van der Waals surface area (Å²) in [5.41, 5.74) is 2.49. The van der Waals surface area contributed by atoms with Gasteiger partial charge in [0.2, 0.25) is 5.91 Å². The molecule has 3 aromatic rings. The Hall–Kier alpha value is -2.49. The van der Waals surface area contributed by atoms with E-state index in [1.165, 1.54) is 23.1 Å². The van der Waals surface area contributed by atoms with Gasteiger partial charge in [-0.3, -0.25) is 4.79 Å². The highest BCUT2D eigenvalue weighted by molar-refractivity contribution is 8.00. The van der Waals surface area contributed by atoms with Gasteiger partial charge in [-0.2, -0.15) is 0 Å². The van der Waals surface area contributed by atoms with Crippen molar-refractivity contribution >= 4 is 34.1 Å². The summed E-state index contributed by atoms with van der Waals surface area (Å²) >= 11 is 2.78. The maximum absolute atomic E-state index is 12.3. The quantitative estimate of drug-likeness (QED) is 0.452. The van der Waals surface area contributed by atoms with Crippen LogP contribution in [0, 0.1) is 0 Å². The zero-order valence-corrected chi connectivity index (χ0v) is 18.6. The number of fused-ring (bicyclic) bond motifs is 1. The first-order valence-electron chi connectivity index (χ1n) is 9.44. The predicted octanol–water partition coefficient (Wildman–Crippen LogP) is 4.19. The Labute approximate surface area is 183 Å². The van der Waals surface area contributed by atoms with Crippen molar-refractivity contribution in [2.75, 3.05) is 18.2 Å². The number of thioether (sulfide) groups is 1. The van der Waals surface area contributed by atoms with Gasteiger partial charge in [-0.25, -0.2) is 15.0 Å². The van der Waals surface area contributed by atoms with E-state index in [2.05, 4.69) is 24.1 Å². The lowest BCUT2D eigenvalue weighted by Gasteiger charge is -2.32. The van der Waals surface area contributed by atoms with Gasteiger partial charge in [0.15, 0.2) is 11.0 Å². The third-order valence-electron chi connectivity index (χ3n) is 4.60. The van der Waals surface area contributed by atoms with Gasteiger partial charge in [-0.15, -0.1) is 11.3 Å². The fraction of sp³-hybridized carbons (Fsp3) is 0.333. The number of rotatable bonds is 6. The summed E-state index contributed by atoms with van der Waals surface area (Å²) in [6.07, 6.45) is 2.34. The molecule has 1 aromatic carbocycles. The Morgan fingerprint density at radius 1 is 1.37 bits per heavy atom. The molecule has 7 nitrogen and oxygen atoms in total. The van der Waals surface area contributed by atoms with Gasteiger partial charge in [-0.1, -0.05) is 23.9 Å². The summed E-state index contributed by atoms with van der Waals surface area (Å²) in [7, 11) is 1.63. The second kappa shape index (κ2) is 8.71. The summed E-state index contributed by atoms with van der Waals surface area (Å²) in [6, 6.07) is 7.67. The fourth-order valence-corrected chi connectivity index (χ4v) is 4.49. The molecule has 0 bridgehead atoms. The van der Waals surface area contributed by atoms with Crippen molar-refractivity contribution in [3.63, 3.8) is 0 Å². The van der Waals surface area contributed by atoms with Crippen molar-refractivity contribution in [3.05, 3.63) is 47.1 Å². The molecule has 0 radical (unpaired) electrons. The van der Waals surface area contributed by atoms with E-state index in [1.54, 1.807) is 13.3 Å². The van der Waals surface area contributed by atoms with Crippen molar-refractivity contribution in [3.8, 4) is 17.1 Å². The second-order valence-corrected chi connectivity index (χ2v) is 9.27. The molecular weight excluding hydrogens is 420 g/mol. The summed E-state index contributed by atoms with van der Waals surface area (Å²) in [5, 5.41) is 5.98. The minimum Gasteiger partial charge on any atom is -0.497 e. The summed E-state index contributed by atoms with van der Waals surface area (Å²) < 4.78 is 11.3. The number of nitrogens with zero attached hydrogens (tertiary/aromatic N) is 3. The van der Waals surface area contributed by atoms with Crippen molar-refractivity contribution in [2.24, 2.45) is 0 Å². The normalized spacial score (nSPS) is 14.8. The number of hydrogen-bond donors (Lipinski definition) is 1. The molecule has 0 aliphatic carbocycles. The van der Waals surface area contributed by atoms with E-state index < -0.39 is 0 Å². The van der Waals surface area contributed by atoms with Crippen LogP contribution in [0.1, 0.15) is 25.1 Å². The van der Waals surface area contributed by atoms with Crippen LogP contribution in [0.3, 0.4) is 0 Å². The van der Waals surface area contributed by atoms with E-state index in [0.717, 1.165) is 27.6 Å². The van der Waals surface area contributed by atoms with E-state index in [9.17, 15) is 4.79 Å². The molecule has 156 valence electrons. The van der Waals surface area contributed by atoms with Crippen LogP contribution in [-0.4, -0.2) is 39.3 Å². The molecule has 1 aliphatic heterocycles. The SMILES string of the molecule is COc1cccc(-c2nc3c(c(SCC(=O)Nc4nccs4)n2)COC(C)(C)C3)c1. The Kier molecular flexibility index (Phi) is 6.03. The van der Waals surface area contributed by atoms with Gasteiger partial charge in [0.1, 0.15) is 10.8 Å². The maximum Gasteiger partial charge on any atom is 0.236 e. The Bertz CT molecular complexity index is 1050. The molecule has 4 rings (SSSR count). The lowest BCUT2D eigenvalue weighted by Crippen LogP contribution is -2.33. The number of carbonyl (C=O) groups excluding carboxylic acids is 1. The third kappa shape index (κ3) is 4.80. The molecule has 2 aromatic heterocycles. The van der Waals surface area contributed by atoms with Gasteiger partial charge in [0, 0.05) is 29.1 Å². The molecule has 0 saturated heterocycles. The van der Waals surface area contributed by atoms with Crippen LogP contribution in [0.5, 0.6) is 5.75 Å². The average molecular weight is 443 g/mol. The Balaban J connectivity index is 1.63.